The molecule has 1 saturated carbocycles. The van der Waals surface area contributed by atoms with Crippen molar-refractivity contribution in [1.29, 1.82) is 0 Å². The van der Waals surface area contributed by atoms with Crippen molar-refractivity contribution in [2.75, 3.05) is 27.2 Å². The summed E-state index contributed by atoms with van der Waals surface area (Å²) in [4.78, 5) is 32.1. The van der Waals surface area contributed by atoms with Crippen LogP contribution in [0.2, 0.25) is 0 Å². The Balaban J connectivity index is 0.000000791. The van der Waals surface area contributed by atoms with Crippen molar-refractivity contribution in [1.82, 2.24) is 19.6 Å². The number of hydrogen-bond acceptors (Lipinski definition) is 4. The van der Waals surface area contributed by atoms with Crippen LogP contribution >= 0.6 is 0 Å². The fourth-order valence-electron chi connectivity index (χ4n) is 5.13. The van der Waals surface area contributed by atoms with Crippen LogP contribution in [-0.4, -0.2) is 58.5 Å². The van der Waals surface area contributed by atoms with Gasteiger partial charge in [-0.3, -0.25) is 9.59 Å². The number of benzene rings is 1. The first kappa shape index (κ1) is 31.0. The first-order valence-corrected chi connectivity index (χ1v) is 14.1. The Labute approximate surface area is 228 Å². The number of amides is 2. The van der Waals surface area contributed by atoms with Gasteiger partial charge in [0.15, 0.2) is 0 Å². The van der Waals surface area contributed by atoms with E-state index in [-0.39, 0.29) is 11.8 Å². The highest BCUT2D eigenvalue weighted by atomic mass is 16.2. The number of carbonyl (C=O) groups excluding carboxylic acids is 2. The number of fused-ring (bicyclic) bond motifs is 1. The first-order chi connectivity index (χ1) is 18.5. The predicted octanol–water partition coefficient (Wildman–Crippen LogP) is 5.95. The van der Waals surface area contributed by atoms with E-state index in [9.17, 15) is 9.59 Å². The fourth-order valence-corrected chi connectivity index (χ4v) is 5.13. The molecule has 1 aliphatic heterocycles. The molecule has 0 bridgehead atoms. The number of imidazole rings is 1. The number of nitrogens with zero attached hydrogens (tertiary/aromatic N) is 3. The molecule has 208 valence electrons. The maximum Gasteiger partial charge on any atom is 0.254 e. The standard InChI is InChI=1S/C26H30N4O2.2C2H6.CH4O/c1-17-12-23(19-4-3-5-19)24(25(31)27-2)14-22(17)26(32)29-9-6-18(7-10-29)20-8-11-30-16-28-15-21(30)13-20;3*1-2/h8,11-16,18-19H,3-7,9-10H2,1-2H3,(H,27,31);2*1-2H3;2H,1H3. The minimum absolute atomic E-state index is 0.0394. The molecule has 2 N–H and O–H groups in total. The zero-order valence-corrected chi connectivity index (χ0v) is 24.3. The molecule has 0 atom stereocenters. The summed E-state index contributed by atoms with van der Waals surface area (Å²) < 4.78 is 2.02. The minimum Gasteiger partial charge on any atom is -0.400 e. The third-order valence-corrected chi connectivity index (χ3v) is 7.34. The largest absolute Gasteiger partial charge is 0.400 e. The summed E-state index contributed by atoms with van der Waals surface area (Å²) in [5.41, 5.74) is 5.80. The average molecular weight is 523 g/mol. The molecule has 2 aliphatic rings. The van der Waals surface area contributed by atoms with Crippen LogP contribution in [0, 0.1) is 6.92 Å². The minimum atomic E-state index is -0.102. The predicted molar refractivity (Wildman–Crippen MR) is 155 cm³/mol. The van der Waals surface area contributed by atoms with Gasteiger partial charge < -0.3 is 19.7 Å². The molecule has 1 aliphatic carbocycles. The first-order valence-electron chi connectivity index (χ1n) is 14.1. The number of aliphatic hydroxyl groups excluding tert-OH is 1. The lowest BCUT2D eigenvalue weighted by Crippen LogP contribution is -2.38. The number of aromatic nitrogens is 2. The SMILES string of the molecule is CC.CC.CNC(=O)c1cc(C(=O)N2CCC(c3ccn4cncc4c3)CC2)c(C)cc1C1CCC1.CO. The monoisotopic (exact) mass is 522 g/mol. The third-order valence-electron chi connectivity index (χ3n) is 7.34. The van der Waals surface area contributed by atoms with Crippen molar-refractivity contribution in [2.45, 2.75) is 78.6 Å². The number of likely N-dealkylation sites (tertiary alicyclic amines) is 1. The van der Waals surface area contributed by atoms with Gasteiger partial charge in [0.1, 0.15) is 0 Å². The average Bonchev–Trinajstić information content (AvgIpc) is 3.43. The van der Waals surface area contributed by atoms with Crippen molar-refractivity contribution in [3.8, 4) is 0 Å². The summed E-state index contributed by atoms with van der Waals surface area (Å²) in [6.07, 6.45) is 11.1. The van der Waals surface area contributed by atoms with Crippen LogP contribution in [0.15, 0.2) is 43.0 Å². The zero-order valence-electron chi connectivity index (χ0n) is 24.3. The van der Waals surface area contributed by atoms with Gasteiger partial charge in [-0.2, -0.15) is 0 Å². The Bertz CT molecular complexity index is 1180. The number of aryl methyl sites for hydroxylation is 1. The smallest absolute Gasteiger partial charge is 0.254 e. The second-order valence-corrected chi connectivity index (χ2v) is 9.21. The number of aliphatic hydroxyl groups is 1. The van der Waals surface area contributed by atoms with Crippen molar-refractivity contribution in [3.63, 3.8) is 0 Å². The van der Waals surface area contributed by atoms with Gasteiger partial charge in [-0.15, -0.1) is 0 Å². The Morgan fingerprint density at radius 1 is 0.947 bits per heavy atom. The maximum absolute atomic E-state index is 13.4. The summed E-state index contributed by atoms with van der Waals surface area (Å²) >= 11 is 0. The highest BCUT2D eigenvalue weighted by molar-refractivity contribution is 6.01. The van der Waals surface area contributed by atoms with Gasteiger partial charge in [-0.25, -0.2) is 4.98 Å². The van der Waals surface area contributed by atoms with Gasteiger partial charge in [0, 0.05) is 44.6 Å². The maximum atomic E-state index is 13.4. The van der Waals surface area contributed by atoms with Crippen molar-refractivity contribution in [2.24, 2.45) is 0 Å². The van der Waals surface area contributed by atoms with Gasteiger partial charge in [0.25, 0.3) is 11.8 Å². The van der Waals surface area contributed by atoms with Crippen LogP contribution in [0.1, 0.15) is 109 Å². The lowest BCUT2D eigenvalue weighted by atomic mass is 9.77. The van der Waals surface area contributed by atoms with Gasteiger partial charge in [-0.1, -0.05) is 40.2 Å². The van der Waals surface area contributed by atoms with Crippen LogP contribution in [0.4, 0.5) is 0 Å². The summed E-state index contributed by atoms with van der Waals surface area (Å²) in [7, 11) is 2.65. The van der Waals surface area contributed by atoms with E-state index >= 15 is 0 Å². The molecule has 5 rings (SSSR count). The van der Waals surface area contributed by atoms with E-state index in [0.717, 1.165) is 62.5 Å². The Kier molecular flexibility index (Phi) is 12.5. The number of pyridine rings is 1. The number of rotatable bonds is 4. The second-order valence-electron chi connectivity index (χ2n) is 9.21. The van der Waals surface area contributed by atoms with E-state index < -0.39 is 0 Å². The van der Waals surface area contributed by atoms with Crippen molar-refractivity contribution in [3.05, 3.63) is 70.8 Å². The van der Waals surface area contributed by atoms with Crippen LogP contribution in [0.25, 0.3) is 5.52 Å². The summed E-state index contributed by atoms with van der Waals surface area (Å²) in [5.74, 6) is 0.823. The summed E-state index contributed by atoms with van der Waals surface area (Å²) in [6.45, 7) is 11.5. The zero-order chi connectivity index (χ0) is 28.2. The quantitative estimate of drug-likeness (QED) is 0.443. The molecule has 3 aromatic rings. The second kappa shape index (κ2) is 15.3. The molecule has 2 aromatic heterocycles. The van der Waals surface area contributed by atoms with E-state index in [0.29, 0.717) is 23.0 Å². The molecular weight excluding hydrogens is 476 g/mol. The highest BCUT2D eigenvalue weighted by Gasteiger charge is 2.29. The Hall–Kier alpha value is -3.19. The molecule has 1 saturated heterocycles. The molecule has 7 heteroatoms. The molecule has 1 aromatic carbocycles. The van der Waals surface area contributed by atoms with Gasteiger partial charge >= 0.3 is 0 Å². The van der Waals surface area contributed by atoms with Gasteiger partial charge in [0.2, 0.25) is 0 Å². The normalized spacial score (nSPS) is 15.1. The van der Waals surface area contributed by atoms with E-state index in [4.69, 9.17) is 5.11 Å². The molecule has 2 fully saturated rings. The highest BCUT2D eigenvalue weighted by Crippen LogP contribution is 2.39. The molecule has 7 nitrogen and oxygen atoms in total. The molecule has 0 unspecified atom stereocenters. The van der Waals surface area contributed by atoms with E-state index in [1.165, 1.54) is 12.0 Å². The van der Waals surface area contributed by atoms with E-state index in [1.807, 2.05) is 62.5 Å². The number of nitrogens with one attached hydrogen (secondary N) is 1. The lowest BCUT2D eigenvalue weighted by molar-refractivity contribution is 0.0712. The summed E-state index contributed by atoms with van der Waals surface area (Å²) in [5, 5.41) is 9.75. The summed E-state index contributed by atoms with van der Waals surface area (Å²) in [6, 6.07) is 8.28. The van der Waals surface area contributed by atoms with E-state index in [2.05, 4.69) is 34.7 Å². The lowest BCUT2D eigenvalue weighted by Gasteiger charge is -2.33. The molecule has 38 heavy (non-hydrogen) atoms. The molecule has 0 spiro atoms. The van der Waals surface area contributed by atoms with Gasteiger partial charge in [0.05, 0.1) is 18.0 Å². The van der Waals surface area contributed by atoms with E-state index in [1.54, 1.807) is 7.05 Å². The molecular formula is C31H46N4O3. The van der Waals surface area contributed by atoms with Crippen molar-refractivity contribution >= 4 is 17.3 Å². The topological polar surface area (TPSA) is 86.9 Å². The third kappa shape index (κ3) is 6.81. The van der Waals surface area contributed by atoms with Gasteiger partial charge in [-0.05, 0) is 79.3 Å². The van der Waals surface area contributed by atoms with Crippen LogP contribution in [-0.2, 0) is 0 Å². The number of carbonyl (C=O) groups is 2. The molecule has 2 amide bonds. The molecule has 3 heterocycles. The molecule has 0 radical (unpaired) electrons. The number of piperidine rings is 1. The van der Waals surface area contributed by atoms with Crippen LogP contribution in [0.3, 0.4) is 0 Å². The number of hydrogen-bond donors (Lipinski definition) is 2. The fraction of sp³-hybridized carbons (Fsp3) is 0.516. The van der Waals surface area contributed by atoms with Crippen LogP contribution in [0.5, 0.6) is 0 Å². The Morgan fingerprint density at radius 2 is 1.61 bits per heavy atom. The Morgan fingerprint density at radius 3 is 2.18 bits per heavy atom. The van der Waals surface area contributed by atoms with Crippen LogP contribution < -0.4 is 5.32 Å². The van der Waals surface area contributed by atoms with Crippen molar-refractivity contribution < 1.29 is 14.7 Å².